The first-order valence-electron chi connectivity index (χ1n) is 4.17. The first kappa shape index (κ1) is 10.2. The highest BCUT2D eigenvalue weighted by Crippen LogP contribution is 2.37. The number of phenolic OH excluding ortho intramolecular Hbond substituents is 1. The molecule has 1 aliphatic rings. The number of aromatic hydroxyl groups is 1. The number of hydrogen-bond donors (Lipinski definition) is 2. The monoisotopic (exact) mass is 199 g/mol. The van der Waals surface area contributed by atoms with Gasteiger partial charge in [-0.1, -0.05) is 13.8 Å². The van der Waals surface area contributed by atoms with Crippen LogP contribution >= 0.6 is 12.4 Å². The standard InChI is InChI=1S/C10H13NO.ClH/c1-10(2)6-11-9-4-3-7(12)5-8(9)10;/h3-5,11-12H,6H2,1-2H3;1H. The number of anilines is 1. The van der Waals surface area contributed by atoms with Gasteiger partial charge in [0.25, 0.3) is 0 Å². The Morgan fingerprint density at radius 3 is 2.77 bits per heavy atom. The van der Waals surface area contributed by atoms with E-state index >= 15 is 0 Å². The van der Waals surface area contributed by atoms with Crippen molar-refractivity contribution in [1.29, 1.82) is 0 Å². The van der Waals surface area contributed by atoms with Crippen molar-refractivity contribution in [3.05, 3.63) is 23.8 Å². The van der Waals surface area contributed by atoms with Crippen LogP contribution in [0, 0.1) is 0 Å². The summed E-state index contributed by atoms with van der Waals surface area (Å²) in [5, 5.41) is 12.6. The average Bonchev–Trinajstić information content (AvgIpc) is 2.28. The normalized spacial score (nSPS) is 17.1. The molecule has 0 aliphatic carbocycles. The molecule has 0 bridgehead atoms. The highest BCUT2D eigenvalue weighted by Gasteiger charge is 2.29. The van der Waals surface area contributed by atoms with Crippen molar-refractivity contribution >= 4 is 18.1 Å². The number of benzene rings is 1. The van der Waals surface area contributed by atoms with Crippen molar-refractivity contribution in [2.24, 2.45) is 0 Å². The SMILES string of the molecule is CC1(C)CNc2ccc(O)cc21.Cl. The van der Waals surface area contributed by atoms with Crippen LogP contribution in [-0.2, 0) is 5.41 Å². The Morgan fingerprint density at radius 1 is 1.38 bits per heavy atom. The summed E-state index contributed by atoms with van der Waals surface area (Å²) < 4.78 is 0. The van der Waals surface area contributed by atoms with Gasteiger partial charge in [0.05, 0.1) is 0 Å². The van der Waals surface area contributed by atoms with Crippen LogP contribution in [0.25, 0.3) is 0 Å². The highest BCUT2D eigenvalue weighted by atomic mass is 35.5. The summed E-state index contributed by atoms with van der Waals surface area (Å²) in [6, 6.07) is 5.49. The van der Waals surface area contributed by atoms with E-state index in [1.54, 1.807) is 6.07 Å². The van der Waals surface area contributed by atoms with Crippen molar-refractivity contribution in [1.82, 2.24) is 0 Å². The third kappa shape index (κ3) is 1.59. The molecule has 0 atom stereocenters. The molecule has 1 aromatic carbocycles. The van der Waals surface area contributed by atoms with Crippen LogP contribution in [0.15, 0.2) is 18.2 Å². The maximum atomic E-state index is 9.30. The zero-order valence-electron chi connectivity index (χ0n) is 7.79. The predicted molar refractivity (Wildman–Crippen MR) is 56.9 cm³/mol. The van der Waals surface area contributed by atoms with Crippen LogP contribution in [0.3, 0.4) is 0 Å². The van der Waals surface area contributed by atoms with Gasteiger partial charge in [0, 0.05) is 17.6 Å². The van der Waals surface area contributed by atoms with Gasteiger partial charge in [0.2, 0.25) is 0 Å². The summed E-state index contributed by atoms with van der Waals surface area (Å²) in [6.45, 7) is 5.29. The van der Waals surface area contributed by atoms with Gasteiger partial charge in [-0.25, -0.2) is 0 Å². The number of phenols is 1. The molecule has 0 amide bonds. The van der Waals surface area contributed by atoms with Gasteiger partial charge in [-0.2, -0.15) is 0 Å². The third-order valence-electron chi connectivity index (χ3n) is 2.45. The summed E-state index contributed by atoms with van der Waals surface area (Å²) >= 11 is 0. The molecular formula is C10H14ClNO. The number of fused-ring (bicyclic) bond motifs is 1. The molecule has 0 spiro atoms. The Kier molecular flexibility index (Phi) is 2.44. The van der Waals surface area contributed by atoms with Crippen LogP contribution < -0.4 is 5.32 Å². The lowest BCUT2D eigenvalue weighted by atomic mass is 9.87. The second-order valence-corrected chi connectivity index (χ2v) is 3.97. The summed E-state index contributed by atoms with van der Waals surface area (Å²) in [7, 11) is 0. The quantitative estimate of drug-likeness (QED) is 0.630. The Hall–Kier alpha value is -0.890. The molecule has 0 saturated carbocycles. The minimum atomic E-state index is 0. The molecule has 13 heavy (non-hydrogen) atoms. The predicted octanol–water partition coefficient (Wildman–Crippen LogP) is 2.52. The van der Waals surface area contributed by atoms with Gasteiger partial charge in [0.1, 0.15) is 5.75 Å². The van der Waals surface area contributed by atoms with Gasteiger partial charge in [-0.3, -0.25) is 0 Å². The topological polar surface area (TPSA) is 32.3 Å². The van der Waals surface area contributed by atoms with Gasteiger partial charge in [0.15, 0.2) is 0 Å². The van der Waals surface area contributed by atoms with E-state index in [9.17, 15) is 5.11 Å². The van der Waals surface area contributed by atoms with Crippen LogP contribution in [0.4, 0.5) is 5.69 Å². The molecule has 0 saturated heterocycles. The van der Waals surface area contributed by atoms with Gasteiger partial charge in [-0.15, -0.1) is 12.4 Å². The summed E-state index contributed by atoms with van der Waals surface area (Å²) in [6.07, 6.45) is 0. The van der Waals surface area contributed by atoms with E-state index in [4.69, 9.17) is 0 Å². The van der Waals surface area contributed by atoms with Crippen LogP contribution in [0.2, 0.25) is 0 Å². The fourth-order valence-electron chi connectivity index (χ4n) is 1.66. The zero-order valence-corrected chi connectivity index (χ0v) is 8.61. The van der Waals surface area contributed by atoms with E-state index in [-0.39, 0.29) is 17.8 Å². The minimum Gasteiger partial charge on any atom is -0.508 e. The maximum absolute atomic E-state index is 9.30. The van der Waals surface area contributed by atoms with E-state index in [0.717, 1.165) is 12.2 Å². The van der Waals surface area contributed by atoms with Crippen molar-refractivity contribution in [3.8, 4) is 5.75 Å². The number of halogens is 1. The second-order valence-electron chi connectivity index (χ2n) is 3.97. The molecule has 0 radical (unpaired) electrons. The average molecular weight is 200 g/mol. The van der Waals surface area contributed by atoms with E-state index in [1.807, 2.05) is 12.1 Å². The van der Waals surface area contributed by atoms with Crippen molar-refractivity contribution < 1.29 is 5.11 Å². The van der Waals surface area contributed by atoms with Crippen LogP contribution in [-0.4, -0.2) is 11.7 Å². The Balaban J connectivity index is 0.000000845. The lowest BCUT2D eigenvalue weighted by Crippen LogP contribution is -2.18. The van der Waals surface area contributed by atoms with Gasteiger partial charge in [-0.05, 0) is 23.8 Å². The molecule has 2 N–H and O–H groups in total. The van der Waals surface area contributed by atoms with Crippen molar-refractivity contribution in [2.75, 3.05) is 11.9 Å². The van der Waals surface area contributed by atoms with E-state index in [1.165, 1.54) is 5.56 Å². The molecular weight excluding hydrogens is 186 g/mol. The third-order valence-corrected chi connectivity index (χ3v) is 2.45. The highest BCUT2D eigenvalue weighted by molar-refractivity contribution is 5.85. The van der Waals surface area contributed by atoms with E-state index in [0.29, 0.717) is 5.75 Å². The first-order valence-corrected chi connectivity index (χ1v) is 4.17. The lowest BCUT2D eigenvalue weighted by molar-refractivity contribution is 0.472. The number of hydrogen-bond acceptors (Lipinski definition) is 2. The molecule has 3 heteroatoms. The lowest BCUT2D eigenvalue weighted by Gasteiger charge is -2.16. The van der Waals surface area contributed by atoms with Crippen LogP contribution in [0.5, 0.6) is 5.75 Å². The van der Waals surface area contributed by atoms with E-state index in [2.05, 4.69) is 19.2 Å². The van der Waals surface area contributed by atoms with Gasteiger partial charge < -0.3 is 10.4 Å². The van der Waals surface area contributed by atoms with E-state index < -0.39 is 0 Å². The number of rotatable bonds is 0. The van der Waals surface area contributed by atoms with Gasteiger partial charge >= 0.3 is 0 Å². The molecule has 0 unspecified atom stereocenters. The molecule has 1 heterocycles. The Morgan fingerprint density at radius 2 is 2.08 bits per heavy atom. The molecule has 72 valence electrons. The van der Waals surface area contributed by atoms with Crippen molar-refractivity contribution in [3.63, 3.8) is 0 Å². The molecule has 0 fully saturated rings. The fourth-order valence-corrected chi connectivity index (χ4v) is 1.66. The molecule has 1 aliphatic heterocycles. The minimum absolute atomic E-state index is 0. The maximum Gasteiger partial charge on any atom is 0.116 e. The van der Waals surface area contributed by atoms with Crippen molar-refractivity contribution in [2.45, 2.75) is 19.3 Å². The smallest absolute Gasteiger partial charge is 0.116 e. The number of nitrogens with one attached hydrogen (secondary N) is 1. The molecule has 2 rings (SSSR count). The summed E-state index contributed by atoms with van der Waals surface area (Å²) in [4.78, 5) is 0. The summed E-state index contributed by atoms with van der Waals surface area (Å²) in [5.41, 5.74) is 2.51. The Bertz CT molecular complexity index is 323. The second kappa shape index (κ2) is 3.11. The Labute approximate surface area is 84.4 Å². The molecule has 2 nitrogen and oxygen atoms in total. The van der Waals surface area contributed by atoms with Crippen LogP contribution in [0.1, 0.15) is 19.4 Å². The molecule has 0 aromatic heterocycles. The fraction of sp³-hybridized carbons (Fsp3) is 0.400. The first-order chi connectivity index (χ1) is 5.59. The molecule has 1 aromatic rings. The summed E-state index contributed by atoms with van der Waals surface area (Å²) in [5.74, 6) is 0.352. The largest absolute Gasteiger partial charge is 0.508 e. The zero-order chi connectivity index (χ0) is 8.77.